The smallest absolute Gasteiger partial charge is 0.426 e. The summed E-state index contributed by atoms with van der Waals surface area (Å²) in [7, 11) is -3.55. The van der Waals surface area contributed by atoms with Gasteiger partial charge in [-0.05, 0) is 49.9 Å². The van der Waals surface area contributed by atoms with E-state index in [0.29, 0.717) is 19.0 Å². The van der Waals surface area contributed by atoms with Crippen molar-refractivity contribution in [3.05, 3.63) is 29.8 Å². The Morgan fingerprint density at radius 3 is 2.32 bits per heavy atom. The molecule has 1 heterocycles. The van der Waals surface area contributed by atoms with Gasteiger partial charge in [-0.1, -0.05) is 6.92 Å². The van der Waals surface area contributed by atoms with Gasteiger partial charge < -0.3 is 4.74 Å². The van der Waals surface area contributed by atoms with Crippen LogP contribution in [0.25, 0.3) is 0 Å². The lowest BCUT2D eigenvalue weighted by atomic mass is 10.0. The molecule has 0 bridgehead atoms. The second kappa shape index (κ2) is 8.30. The van der Waals surface area contributed by atoms with E-state index in [-0.39, 0.29) is 17.1 Å². The van der Waals surface area contributed by atoms with Crippen LogP contribution in [0.4, 0.5) is 4.79 Å². The van der Waals surface area contributed by atoms with Crippen molar-refractivity contribution < 1.29 is 22.7 Å². The zero-order valence-corrected chi connectivity index (χ0v) is 15.1. The van der Waals surface area contributed by atoms with E-state index in [2.05, 4.69) is 22.5 Å². The van der Waals surface area contributed by atoms with E-state index in [9.17, 15) is 18.0 Å². The molecule has 0 atom stereocenters. The quantitative estimate of drug-likeness (QED) is 0.783. The monoisotopic (exact) mass is 369 g/mol. The lowest BCUT2D eigenvalue weighted by Gasteiger charge is -2.29. The predicted molar refractivity (Wildman–Crippen MR) is 91.2 cm³/mol. The Morgan fingerprint density at radius 1 is 1.16 bits per heavy atom. The van der Waals surface area contributed by atoms with Gasteiger partial charge in [-0.2, -0.15) is 4.31 Å². The standard InChI is InChI=1S/C16H23N3O5S/c1-3-24-16(21)18-17-15(20)13-4-6-14(7-5-13)25(22,23)19-10-8-12(2)9-11-19/h4-7,12H,3,8-11H2,1-2H3,(H,17,20)(H,18,21). The molecule has 1 aliphatic rings. The molecular weight excluding hydrogens is 346 g/mol. The summed E-state index contributed by atoms with van der Waals surface area (Å²) in [5, 5.41) is 0. The molecule has 8 nitrogen and oxygen atoms in total. The van der Waals surface area contributed by atoms with Gasteiger partial charge in [0.1, 0.15) is 0 Å². The Kier molecular flexibility index (Phi) is 6.38. The largest absolute Gasteiger partial charge is 0.449 e. The molecule has 0 saturated carbocycles. The molecular formula is C16H23N3O5S. The first-order valence-corrected chi connectivity index (χ1v) is 9.62. The van der Waals surface area contributed by atoms with Gasteiger partial charge in [0.15, 0.2) is 0 Å². The van der Waals surface area contributed by atoms with E-state index in [1.54, 1.807) is 6.92 Å². The highest BCUT2D eigenvalue weighted by atomic mass is 32.2. The maximum Gasteiger partial charge on any atom is 0.426 e. The summed E-state index contributed by atoms with van der Waals surface area (Å²) in [5.74, 6) is -0.0341. The highest BCUT2D eigenvalue weighted by Gasteiger charge is 2.28. The topological polar surface area (TPSA) is 105 Å². The van der Waals surface area contributed by atoms with E-state index < -0.39 is 22.0 Å². The summed E-state index contributed by atoms with van der Waals surface area (Å²) < 4.78 is 31.3. The van der Waals surface area contributed by atoms with Gasteiger partial charge in [0.25, 0.3) is 5.91 Å². The van der Waals surface area contributed by atoms with Crippen LogP contribution in [0.15, 0.2) is 29.2 Å². The van der Waals surface area contributed by atoms with Gasteiger partial charge in [-0.3, -0.25) is 10.2 Å². The first-order chi connectivity index (χ1) is 11.8. The minimum Gasteiger partial charge on any atom is -0.449 e. The molecule has 2 N–H and O–H groups in total. The van der Waals surface area contributed by atoms with Gasteiger partial charge in [0.05, 0.1) is 11.5 Å². The fourth-order valence-corrected chi connectivity index (χ4v) is 3.97. The molecule has 9 heteroatoms. The zero-order valence-electron chi connectivity index (χ0n) is 14.3. The van der Waals surface area contributed by atoms with Crippen LogP contribution in [0.3, 0.4) is 0 Å². The van der Waals surface area contributed by atoms with Crippen LogP contribution in [0.5, 0.6) is 0 Å². The number of amides is 2. The molecule has 1 aromatic rings. The van der Waals surface area contributed by atoms with Gasteiger partial charge in [0, 0.05) is 18.7 Å². The number of hydrazine groups is 1. The Balaban J connectivity index is 2.01. The third-order valence-corrected chi connectivity index (χ3v) is 5.96. The van der Waals surface area contributed by atoms with Crippen molar-refractivity contribution >= 4 is 22.0 Å². The number of rotatable bonds is 4. The molecule has 0 spiro atoms. The number of nitrogens with one attached hydrogen (secondary N) is 2. The van der Waals surface area contributed by atoms with Crippen molar-refractivity contribution in [2.24, 2.45) is 5.92 Å². The van der Waals surface area contributed by atoms with Crippen molar-refractivity contribution in [1.29, 1.82) is 0 Å². The Bertz CT molecular complexity index is 710. The lowest BCUT2D eigenvalue weighted by molar-refractivity contribution is 0.0912. The summed E-state index contributed by atoms with van der Waals surface area (Å²) in [6.45, 7) is 4.96. The Labute approximate surface area is 147 Å². The Morgan fingerprint density at radius 2 is 1.76 bits per heavy atom. The van der Waals surface area contributed by atoms with E-state index >= 15 is 0 Å². The molecule has 1 saturated heterocycles. The number of carbonyl (C=O) groups is 2. The second-order valence-electron chi connectivity index (χ2n) is 5.91. The third kappa shape index (κ3) is 4.93. The van der Waals surface area contributed by atoms with E-state index in [1.807, 2.05) is 0 Å². The summed E-state index contributed by atoms with van der Waals surface area (Å²) in [4.78, 5) is 23.2. The fraction of sp³-hybridized carbons (Fsp3) is 0.500. The highest BCUT2D eigenvalue weighted by Crippen LogP contribution is 2.23. The number of piperidine rings is 1. The maximum absolute atomic E-state index is 12.6. The average molecular weight is 369 g/mol. The first-order valence-electron chi connectivity index (χ1n) is 8.18. The minimum absolute atomic E-state index is 0.150. The van der Waals surface area contributed by atoms with Gasteiger partial charge in [-0.25, -0.2) is 18.6 Å². The van der Waals surface area contributed by atoms with Crippen LogP contribution < -0.4 is 10.9 Å². The summed E-state index contributed by atoms with van der Waals surface area (Å²) in [6.07, 6.45) is 0.924. The molecule has 1 aliphatic heterocycles. The van der Waals surface area contributed by atoms with Crippen LogP contribution in [-0.2, 0) is 14.8 Å². The molecule has 1 aromatic carbocycles. The number of nitrogens with zero attached hydrogens (tertiary/aromatic N) is 1. The van der Waals surface area contributed by atoms with Crippen molar-refractivity contribution in [1.82, 2.24) is 15.2 Å². The van der Waals surface area contributed by atoms with E-state index in [4.69, 9.17) is 0 Å². The molecule has 2 rings (SSSR count). The number of ether oxygens (including phenoxy) is 1. The second-order valence-corrected chi connectivity index (χ2v) is 7.85. The molecule has 0 aromatic heterocycles. The number of hydrogen-bond acceptors (Lipinski definition) is 5. The van der Waals surface area contributed by atoms with Crippen molar-refractivity contribution in [3.8, 4) is 0 Å². The lowest BCUT2D eigenvalue weighted by Crippen LogP contribution is -2.42. The predicted octanol–water partition coefficient (Wildman–Crippen LogP) is 1.50. The fourth-order valence-electron chi connectivity index (χ4n) is 2.50. The molecule has 2 amide bonds. The van der Waals surface area contributed by atoms with Crippen LogP contribution in [0.2, 0.25) is 0 Å². The molecule has 25 heavy (non-hydrogen) atoms. The summed E-state index contributed by atoms with van der Waals surface area (Å²) in [5.41, 5.74) is 4.51. The number of hydrogen-bond donors (Lipinski definition) is 2. The third-order valence-electron chi connectivity index (χ3n) is 4.05. The van der Waals surface area contributed by atoms with Crippen molar-refractivity contribution in [2.75, 3.05) is 19.7 Å². The van der Waals surface area contributed by atoms with Crippen LogP contribution >= 0.6 is 0 Å². The Hall–Kier alpha value is -2.13. The zero-order chi connectivity index (χ0) is 18.4. The minimum atomic E-state index is -3.55. The van der Waals surface area contributed by atoms with Crippen LogP contribution in [-0.4, -0.2) is 44.4 Å². The normalized spacial score (nSPS) is 16.2. The van der Waals surface area contributed by atoms with Gasteiger partial charge in [0.2, 0.25) is 10.0 Å². The van der Waals surface area contributed by atoms with Gasteiger partial charge in [-0.15, -0.1) is 0 Å². The SMILES string of the molecule is CCOC(=O)NNC(=O)c1ccc(S(=O)(=O)N2CCC(C)CC2)cc1. The number of carbonyl (C=O) groups excluding carboxylic acids is 2. The van der Waals surface area contributed by atoms with E-state index in [1.165, 1.54) is 28.6 Å². The van der Waals surface area contributed by atoms with Crippen molar-refractivity contribution in [3.63, 3.8) is 0 Å². The average Bonchev–Trinajstić information content (AvgIpc) is 2.60. The van der Waals surface area contributed by atoms with Gasteiger partial charge >= 0.3 is 6.09 Å². The van der Waals surface area contributed by atoms with Crippen LogP contribution in [0, 0.1) is 5.92 Å². The summed E-state index contributed by atoms with van der Waals surface area (Å²) in [6, 6.07) is 5.60. The highest BCUT2D eigenvalue weighted by molar-refractivity contribution is 7.89. The molecule has 138 valence electrons. The van der Waals surface area contributed by atoms with Crippen LogP contribution in [0.1, 0.15) is 37.0 Å². The first kappa shape index (κ1) is 19.2. The number of sulfonamides is 1. The molecule has 1 fully saturated rings. The molecule has 0 aliphatic carbocycles. The molecule has 0 unspecified atom stereocenters. The van der Waals surface area contributed by atoms with E-state index in [0.717, 1.165) is 12.8 Å². The molecule has 0 radical (unpaired) electrons. The summed E-state index contributed by atoms with van der Waals surface area (Å²) >= 11 is 0. The number of benzene rings is 1. The maximum atomic E-state index is 12.6. The van der Waals surface area contributed by atoms with Crippen molar-refractivity contribution in [2.45, 2.75) is 31.6 Å².